The van der Waals surface area contributed by atoms with E-state index in [2.05, 4.69) is 41.3 Å². The summed E-state index contributed by atoms with van der Waals surface area (Å²) in [6.45, 7) is 6.53. The van der Waals surface area contributed by atoms with Crippen LogP contribution in [0.5, 0.6) is 0 Å². The monoisotopic (exact) mass is 282 g/mol. The molecule has 1 aliphatic rings. The van der Waals surface area contributed by atoms with Crippen molar-refractivity contribution in [3.63, 3.8) is 0 Å². The Balaban J connectivity index is 1.94. The Morgan fingerprint density at radius 2 is 2.00 bits per heavy atom. The van der Waals surface area contributed by atoms with Crippen molar-refractivity contribution in [3.05, 3.63) is 5.01 Å². The molecule has 0 aromatic carbocycles. The zero-order valence-electron chi connectivity index (χ0n) is 12.4. The molecule has 1 aromatic heterocycles. The molecule has 4 nitrogen and oxygen atoms in total. The van der Waals surface area contributed by atoms with Gasteiger partial charge in [-0.15, -0.1) is 10.2 Å². The molecule has 0 bridgehead atoms. The Morgan fingerprint density at radius 3 is 2.63 bits per heavy atom. The van der Waals surface area contributed by atoms with Gasteiger partial charge in [-0.25, -0.2) is 0 Å². The summed E-state index contributed by atoms with van der Waals surface area (Å²) in [4.78, 5) is 2.50. The molecular weight excluding hydrogens is 256 g/mol. The second kappa shape index (κ2) is 6.66. The number of nitrogens with one attached hydrogen (secondary N) is 1. The van der Waals surface area contributed by atoms with Gasteiger partial charge in [0, 0.05) is 18.5 Å². The van der Waals surface area contributed by atoms with Gasteiger partial charge >= 0.3 is 0 Å². The van der Waals surface area contributed by atoms with Crippen molar-refractivity contribution in [1.82, 2.24) is 15.1 Å². The van der Waals surface area contributed by atoms with Crippen LogP contribution in [0.2, 0.25) is 0 Å². The third kappa shape index (κ3) is 3.45. The summed E-state index contributed by atoms with van der Waals surface area (Å²) >= 11 is 1.71. The van der Waals surface area contributed by atoms with Crippen LogP contribution < -0.4 is 5.32 Å². The maximum atomic E-state index is 4.25. The molecule has 0 aliphatic heterocycles. The van der Waals surface area contributed by atoms with E-state index in [4.69, 9.17) is 0 Å². The van der Waals surface area contributed by atoms with Crippen molar-refractivity contribution in [1.29, 1.82) is 0 Å². The summed E-state index contributed by atoms with van der Waals surface area (Å²) in [5.41, 5.74) is 0.325. The molecule has 5 heteroatoms. The number of aromatic nitrogens is 2. The number of nitrogens with zero attached hydrogens (tertiary/aromatic N) is 3. The quantitative estimate of drug-likeness (QED) is 0.834. The Morgan fingerprint density at radius 1 is 1.26 bits per heavy atom. The summed E-state index contributed by atoms with van der Waals surface area (Å²) in [5, 5.41) is 14.1. The first-order chi connectivity index (χ1) is 9.20. The highest BCUT2D eigenvalue weighted by molar-refractivity contribution is 7.15. The lowest BCUT2D eigenvalue weighted by molar-refractivity contribution is 0.144. The molecule has 1 heterocycles. The highest BCUT2D eigenvalue weighted by Gasteiger charge is 2.36. The van der Waals surface area contributed by atoms with E-state index in [1.165, 1.54) is 25.7 Å². The van der Waals surface area contributed by atoms with Crippen LogP contribution in [-0.2, 0) is 6.42 Å². The minimum absolute atomic E-state index is 0.325. The largest absolute Gasteiger partial charge is 0.358 e. The van der Waals surface area contributed by atoms with Gasteiger partial charge in [-0.3, -0.25) is 4.90 Å². The molecule has 1 fully saturated rings. The first-order valence-electron chi connectivity index (χ1n) is 7.47. The number of anilines is 1. The second-order valence-electron chi connectivity index (χ2n) is 5.55. The molecule has 1 saturated carbocycles. The molecule has 0 amide bonds. The standard InChI is InChI=1S/C14H26N4S/c1-4-8-12-16-17-13(19-12)15-11-14(18(3)5-2)9-6-7-10-14/h4-11H2,1-3H3,(H,15,17). The summed E-state index contributed by atoms with van der Waals surface area (Å²) in [7, 11) is 2.25. The summed E-state index contributed by atoms with van der Waals surface area (Å²) in [6, 6.07) is 0. The lowest BCUT2D eigenvalue weighted by Crippen LogP contribution is -2.49. The zero-order chi connectivity index (χ0) is 13.7. The molecule has 2 rings (SSSR count). The average Bonchev–Trinajstić information content (AvgIpc) is 3.06. The molecule has 0 saturated heterocycles. The molecular formula is C14H26N4S. The molecule has 108 valence electrons. The van der Waals surface area contributed by atoms with Gasteiger partial charge in [0.2, 0.25) is 5.13 Å². The van der Waals surface area contributed by atoms with E-state index in [0.29, 0.717) is 5.54 Å². The SMILES string of the molecule is CCCc1nnc(NCC2(N(C)CC)CCCC2)s1. The van der Waals surface area contributed by atoms with Crippen LogP contribution in [-0.4, -0.2) is 40.8 Å². The van der Waals surface area contributed by atoms with Gasteiger partial charge in [-0.05, 0) is 32.9 Å². The highest BCUT2D eigenvalue weighted by atomic mass is 32.1. The van der Waals surface area contributed by atoms with Crippen LogP contribution in [0.15, 0.2) is 0 Å². The molecule has 0 spiro atoms. The topological polar surface area (TPSA) is 41.1 Å². The van der Waals surface area contributed by atoms with Gasteiger partial charge in [0.1, 0.15) is 5.01 Å². The third-order valence-electron chi connectivity index (χ3n) is 4.32. The molecule has 19 heavy (non-hydrogen) atoms. The molecule has 0 unspecified atom stereocenters. The first-order valence-corrected chi connectivity index (χ1v) is 8.29. The summed E-state index contributed by atoms with van der Waals surface area (Å²) in [6.07, 6.45) is 7.47. The van der Waals surface area contributed by atoms with Crippen LogP contribution in [0.25, 0.3) is 0 Å². The molecule has 0 atom stereocenters. The minimum atomic E-state index is 0.325. The van der Waals surface area contributed by atoms with E-state index < -0.39 is 0 Å². The number of likely N-dealkylation sites (N-methyl/N-ethyl adjacent to an activating group) is 1. The number of rotatable bonds is 7. The van der Waals surface area contributed by atoms with Crippen molar-refractivity contribution >= 4 is 16.5 Å². The van der Waals surface area contributed by atoms with E-state index in [1.54, 1.807) is 11.3 Å². The van der Waals surface area contributed by atoms with Crippen LogP contribution in [0.3, 0.4) is 0 Å². The van der Waals surface area contributed by atoms with Gasteiger partial charge < -0.3 is 5.32 Å². The number of hydrogen-bond acceptors (Lipinski definition) is 5. The molecule has 1 aliphatic carbocycles. The van der Waals surface area contributed by atoms with E-state index in [1.807, 2.05) is 0 Å². The number of hydrogen-bond donors (Lipinski definition) is 1. The number of aryl methyl sites for hydroxylation is 1. The summed E-state index contributed by atoms with van der Waals surface area (Å²) < 4.78 is 0. The smallest absolute Gasteiger partial charge is 0.205 e. The Labute approximate surface area is 120 Å². The lowest BCUT2D eigenvalue weighted by Gasteiger charge is -2.38. The first kappa shape index (κ1) is 14.7. The van der Waals surface area contributed by atoms with Crippen LogP contribution in [0, 0.1) is 0 Å². The van der Waals surface area contributed by atoms with Crippen molar-refractivity contribution in [2.24, 2.45) is 0 Å². The summed E-state index contributed by atoms with van der Waals surface area (Å²) in [5.74, 6) is 0. The van der Waals surface area contributed by atoms with Gasteiger partial charge in [0.15, 0.2) is 0 Å². The zero-order valence-corrected chi connectivity index (χ0v) is 13.2. The molecule has 0 radical (unpaired) electrons. The average molecular weight is 282 g/mol. The van der Waals surface area contributed by atoms with Gasteiger partial charge in [-0.1, -0.05) is 38.0 Å². The maximum Gasteiger partial charge on any atom is 0.205 e. The highest BCUT2D eigenvalue weighted by Crippen LogP contribution is 2.34. The normalized spacial score (nSPS) is 18.1. The fourth-order valence-corrected chi connectivity index (χ4v) is 3.78. The maximum absolute atomic E-state index is 4.25. The third-order valence-corrected chi connectivity index (χ3v) is 5.26. The van der Waals surface area contributed by atoms with E-state index >= 15 is 0 Å². The predicted molar refractivity (Wildman–Crippen MR) is 81.9 cm³/mol. The fraction of sp³-hybridized carbons (Fsp3) is 0.857. The Kier molecular flexibility index (Phi) is 5.16. The van der Waals surface area contributed by atoms with Gasteiger partial charge in [-0.2, -0.15) is 0 Å². The van der Waals surface area contributed by atoms with E-state index in [0.717, 1.165) is 36.1 Å². The van der Waals surface area contributed by atoms with E-state index in [9.17, 15) is 0 Å². The molecule has 1 aromatic rings. The van der Waals surface area contributed by atoms with Crippen molar-refractivity contribution < 1.29 is 0 Å². The van der Waals surface area contributed by atoms with Crippen molar-refractivity contribution in [3.8, 4) is 0 Å². The van der Waals surface area contributed by atoms with Crippen molar-refractivity contribution in [2.45, 2.75) is 57.9 Å². The van der Waals surface area contributed by atoms with Gasteiger partial charge in [0.25, 0.3) is 0 Å². The Bertz CT molecular complexity index is 385. The second-order valence-corrected chi connectivity index (χ2v) is 6.61. The van der Waals surface area contributed by atoms with E-state index in [-0.39, 0.29) is 0 Å². The molecule has 1 N–H and O–H groups in total. The van der Waals surface area contributed by atoms with Crippen LogP contribution in [0.4, 0.5) is 5.13 Å². The fourth-order valence-electron chi connectivity index (χ4n) is 2.94. The minimum Gasteiger partial charge on any atom is -0.358 e. The van der Waals surface area contributed by atoms with Crippen LogP contribution in [0.1, 0.15) is 51.0 Å². The predicted octanol–water partition coefficient (Wildman–Crippen LogP) is 3.17. The van der Waals surface area contributed by atoms with Gasteiger partial charge in [0.05, 0.1) is 0 Å². The lowest BCUT2D eigenvalue weighted by atomic mass is 9.95. The Hall–Kier alpha value is -0.680. The van der Waals surface area contributed by atoms with Crippen LogP contribution >= 0.6 is 11.3 Å². The van der Waals surface area contributed by atoms with Crippen molar-refractivity contribution in [2.75, 3.05) is 25.5 Å².